The Morgan fingerprint density at radius 2 is 2.20 bits per heavy atom. The van der Waals surface area contributed by atoms with Crippen LogP contribution in [0.2, 0.25) is 0 Å². The molecule has 2 rings (SSSR count). The molecule has 0 amide bonds. The molecule has 25 heavy (non-hydrogen) atoms. The maximum Gasteiger partial charge on any atom is 0.191 e. The van der Waals surface area contributed by atoms with Gasteiger partial charge in [-0.25, -0.2) is 9.98 Å². The van der Waals surface area contributed by atoms with Gasteiger partial charge < -0.3 is 20.1 Å². The Hall–Kier alpha value is -0.940. The van der Waals surface area contributed by atoms with Crippen LogP contribution in [0.5, 0.6) is 0 Å². The van der Waals surface area contributed by atoms with Crippen molar-refractivity contribution in [2.24, 2.45) is 18.0 Å². The molecule has 1 saturated heterocycles. The summed E-state index contributed by atoms with van der Waals surface area (Å²) in [5.41, 5.74) is 0. The summed E-state index contributed by atoms with van der Waals surface area (Å²) < 4.78 is 12.9. The summed E-state index contributed by atoms with van der Waals surface area (Å²) in [7, 11) is 1.87. The van der Waals surface area contributed by atoms with Crippen LogP contribution in [0.3, 0.4) is 0 Å². The van der Waals surface area contributed by atoms with Gasteiger partial charge in [0, 0.05) is 46.6 Å². The highest BCUT2D eigenvalue weighted by Gasteiger charge is 2.13. The number of nitrogens with one attached hydrogen (secondary N) is 2. The molecule has 0 aromatic carbocycles. The molecular weight excluding hydrogens is 435 g/mol. The molecule has 0 aliphatic carbocycles. The van der Waals surface area contributed by atoms with E-state index in [1.54, 1.807) is 11.0 Å². The number of aryl methyl sites for hydroxylation is 1. The van der Waals surface area contributed by atoms with Gasteiger partial charge in [0.2, 0.25) is 0 Å². The molecule has 0 bridgehead atoms. The zero-order valence-electron chi connectivity index (χ0n) is 15.2. The topological polar surface area (TPSA) is 85.6 Å². The summed E-state index contributed by atoms with van der Waals surface area (Å²) in [6.45, 7) is 7.59. The Kier molecular flexibility index (Phi) is 11.7. The number of rotatable bonds is 9. The normalized spacial score (nSPS) is 15.7. The van der Waals surface area contributed by atoms with Gasteiger partial charge in [-0.1, -0.05) is 0 Å². The van der Waals surface area contributed by atoms with Gasteiger partial charge in [-0.15, -0.1) is 24.0 Å². The van der Waals surface area contributed by atoms with E-state index >= 15 is 0 Å². The van der Waals surface area contributed by atoms with Gasteiger partial charge >= 0.3 is 0 Å². The lowest BCUT2D eigenvalue weighted by Gasteiger charge is -2.21. The van der Waals surface area contributed by atoms with E-state index in [-0.39, 0.29) is 24.0 Å². The van der Waals surface area contributed by atoms with Crippen LogP contribution in [0.4, 0.5) is 0 Å². The van der Waals surface area contributed by atoms with Crippen LogP contribution in [0.15, 0.2) is 11.3 Å². The SMILES string of the molecule is CCNC(=NCc1ncnn1C)NCCCOCC1CCOCC1.I. The average Bonchev–Trinajstić information content (AvgIpc) is 3.01. The number of nitrogens with zero attached hydrogens (tertiary/aromatic N) is 4. The molecule has 2 N–H and O–H groups in total. The monoisotopic (exact) mass is 466 g/mol. The number of aromatic nitrogens is 3. The van der Waals surface area contributed by atoms with Crippen LogP contribution in [-0.2, 0) is 23.1 Å². The first kappa shape index (κ1) is 22.1. The number of guanidine groups is 1. The lowest BCUT2D eigenvalue weighted by Crippen LogP contribution is -2.38. The first-order valence-electron chi connectivity index (χ1n) is 8.80. The fourth-order valence-electron chi connectivity index (χ4n) is 2.50. The predicted molar refractivity (Wildman–Crippen MR) is 108 cm³/mol. The molecule has 1 aliphatic rings. The Bertz CT molecular complexity index is 491. The number of ether oxygens (including phenoxy) is 2. The van der Waals surface area contributed by atoms with Crippen LogP contribution < -0.4 is 10.6 Å². The van der Waals surface area contributed by atoms with Crippen molar-refractivity contribution < 1.29 is 9.47 Å². The molecule has 0 unspecified atom stereocenters. The van der Waals surface area contributed by atoms with Gasteiger partial charge in [0.25, 0.3) is 0 Å². The second kappa shape index (κ2) is 13.3. The van der Waals surface area contributed by atoms with Gasteiger partial charge in [-0.2, -0.15) is 5.10 Å². The highest BCUT2D eigenvalue weighted by atomic mass is 127. The smallest absolute Gasteiger partial charge is 0.191 e. The number of halogens is 1. The van der Waals surface area contributed by atoms with Crippen molar-refractivity contribution in [3.8, 4) is 0 Å². The Balaban J connectivity index is 0.00000312. The first-order chi connectivity index (χ1) is 11.8. The van der Waals surface area contributed by atoms with Crippen LogP contribution in [0, 0.1) is 5.92 Å². The minimum absolute atomic E-state index is 0. The van der Waals surface area contributed by atoms with Crippen molar-refractivity contribution in [1.29, 1.82) is 0 Å². The number of hydrogen-bond acceptors (Lipinski definition) is 5. The molecule has 1 aromatic heterocycles. The van der Waals surface area contributed by atoms with Gasteiger partial charge in [-0.3, -0.25) is 4.68 Å². The van der Waals surface area contributed by atoms with Crippen LogP contribution in [-0.4, -0.2) is 60.2 Å². The molecule has 1 aliphatic heterocycles. The molecule has 9 heteroatoms. The molecule has 0 spiro atoms. The van der Waals surface area contributed by atoms with Crippen molar-refractivity contribution in [1.82, 2.24) is 25.4 Å². The van der Waals surface area contributed by atoms with E-state index in [1.807, 2.05) is 7.05 Å². The molecule has 144 valence electrons. The van der Waals surface area contributed by atoms with E-state index in [9.17, 15) is 0 Å². The molecule has 2 heterocycles. The van der Waals surface area contributed by atoms with E-state index in [4.69, 9.17) is 9.47 Å². The Morgan fingerprint density at radius 3 is 2.88 bits per heavy atom. The summed E-state index contributed by atoms with van der Waals surface area (Å²) in [6.07, 6.45) is 4.74. The molecular formula is C16H31IN6O2. The summed E-state index contributed by atoms with van der Waals surface area (Å²) in [5.74, 6) is 2.30. The third-order valence-electron chi connectivity index (χ3n) is 3.98. The van der Waals surface area contributed by atoms with E-state index in [2.05, 4.69) is 32.6 Å². The Morgan fingerprint density at radius 1 is 1.40 bits per heavy atom. The highest BCUT2D eigenvalue weighted by Crippen LogP contribution is 2.14. The minimum atomic E-state index is 0. The van der Waals surface area contributed by atoms with E-state index in [1.165, 1.54) is 0 Å². The Labute approximate surface area is 167 Å². The highest BCUT2D eigenvalue weighted by molar-refractivity contribution is 14.0. The van der Waals surface area contributed by atoms with Crippen molar-refractivity contribution >= 4 is 29.9 Å². The predicted octanol–water partition coefficient (Wildman–Crippen LogP) is 1.32. The lowest BCUT2D eigenvalue weighted by molar-refractivity contribution is 0.0203. The molecule has 0 radical (unpaired) electrons. The molecule has 0 atom stereocenters. The van der Waals surface area contributed by atoms with Crippen molar-refractivity contribution in [3.05, 3.63) is 12.2 Å². The maximum atomic E-state index is 5.77. The molecule has 1 aromatic rings. The number of hydrogen-bond donors (Lipinski definition) is 2. The third kappa shape index (κ3) is 8.82. The lowest BCUT2D eigenvalue weighted by atomic mass is 10.0. The van der Waals surface area contributed by atoms with Gasteiger partial charge in [0.1, 0.15) is 18.7 Å². The van der Waals surface area contributed by atoms with Crippen LogP contribution in [0.1, 0.15) is 32.0 Å². The van der Waals surface area contributed by atoms with E-state index in [0.29, 0.717) is 12.5 Å². The fourth-order valence-corrected chi connectivity index (χ4v) is 2.50. The average molecular weight is 466 g/mol. The second-order valence-corrected chi connectivity index (χ2v) is 5.91. The van der Waals surface area contributed by atoms with Crippen molar-refractivity contribution in [2.45, 2.75) is 32.7 Å². The quantitative estimate of drug-likeness (QED) is 0.247. The minimum Gasteiger partial charge on any atom is -0.381 e. The standard InChI is InChI=1S/C16H30N6O2.HI/c1-3-17-16(19-11-15-20-13-21-22(15)2)18-7-4-8-24-12-14-5-9-23-10-6-14;/h13-14H,3-12H2,1-2H3,(H2,17,18,19);1H. The zero-order chi connectivity index (χ0) is 17.0. The van der Waals surface area contributed by atoms with Crippen molar-refractivity contribution in [3.63, 3.8) is 0 Å². The van der Waals surface area contributed by atoms with E-state index in [0.717, 1.165) is 70.6 Å². The summed E-state index contributed by atoms with van der Waals surface area (Å²) in [4.78, 5) is 8.70. The zero-order valence-corrected chi connectivity index (χ0v) is 17.6. The number of aliphatic imine (C=N–C) groups is 1. The van der Waals surface area contributed by atoms with Gasteiger partial charge in [0.05, 0.1) is 0 Å². The summed E-state index contributed by atoms with van der Waals surface area (Å²) in [5, 5.41) is 10.6. The second-order valence-electron chi connectivity index (χ2n) is 5.91. The maximum absolute atomic E-state index is 5.77. The fraction of sp³-hybridized carbons (Fsp3) is 0.812. The van der Waals surface area contributed by atoms with Crippen molar-refractivity contribution in [2.75, 3.05) is 39.5 Å². The molecule has 1 fully saturated rings. The first-order valence-corrected chi connectivity index (χ1v) is 8.80. The summed E-state index contributed by atoms with van der Waals surface area (Å²) in [6, 6.07) is 0. The van der Waals surface area contributed by atoms with E-state index < -0.39 is 0 Å². The van der Waals surface area contributed by atoms with Crippen LogP contribution in [0.25, 0.3) is 0 Å². The third-order valence-corrected chi connectivity index (χ3v) is 3.98. The molecule has 8 nitrogen and oxygen atoms in total. The van der Waals surface area contributed by atoms with Gasteiger partial charge in [0.15, 0.2) is 5.96 Å². The van der Waals surface area contributed by atoms with Gasteiger partial charge in [-0.05, 0) is 32.1 Å². The van der Waals surface area contributed by atoms with Crippen LogP contribution >= 0.6 is 24.0 Å². The largest absolute Gasteiger partial charge is 0.381 e. The molecule has 0 saturated carbocycles. The summed E-state index contributed by atoms with van der Waals surface area (Å²) >= 11 is 0.